The summed E-state index contributed by atoms with van der Waals surface area (Å²) in [6, 6.07) is 0. The van der Waals surface area contributed by atoms with Gasteiger partial charge in [0, 0.05) is 0 Å². The lowest BCUT2D eigenvalue weighted by Crippen LogP contribution is -2.64. The predicted octanol–water partition coefficient (Wildman–Crippen LogP) is -2.91. The van der Waals surface area contributed by atoms with E-state index in [4.69, 9.17) is 14.2 Å². The van der Waals surface area contributed by atoms with Crippen LogP contribution in [-0.4, -0.2) is 110 Å². The van der Waals surface area contributed by atoms with E-state index < -0.39 is 74.4 Å². The molecule has 10 atom stereocenters. The zero-order valence-electron chi connectivity index (χ0n) is 15.8. The van der Waals surface area contributed by atoms with Crippen molar-refractivity contribution in [3.63, 3.8) is 0 Å². The van der Waals surface area contributed by atoms with Gasteiger partial charge < -0.3 is 50.0 Å². The minimum Gasteiger partial charge on any atom is -0.394 e. The lowest BCUT2D eigenvalue weighted by atomic mass is 9.83. The highest BCUT2D eigenvalue weighted by atomic mass is 16.7. The van der Waals surface area contributed by atoms with Crippen molar-refractivity contribution < 1.29 is 50.0 Å². The van der Waals surface area contributed by atoms with E-state index >= 15 is 0 Å². The maximum absolute atomic E-state index is 10.5. The van der Waals surface area contributed by atoms with Crippen LogP contribution >= 0.6 is 0 Å². The van der Waals surface area contributed by atoms with E-state index in [0.717, 1.165) is 0 Å². The van der Waals surface area contributed by atoms with E-state index in [9.17, 15) is 35.7 Å². The minimum atomic E-state index is -1.67. The van der Waals surface area contributed by atoms with Crippen LogP contribution in [-0.2, 0) is 14.2 Å². The Kier molecular flexibility index (Phi) is 7.59. The Labute approximate surface area is 157 Å². The van der Waals surface area contributed by atoms with Gasteiger partial charge in [0.15, 0.2) is 6.29 Å². The molecule has 0 aromatic heterocycles. The molecule has 0 aromatic rings. The standard InChI is InChI=1S/C17H32O10/c1-17(2,3)4-7-10(20)13(23)15(9(6-19)25-7)27-16-14(24)12(22)11(21)8(5-18)26-16/h7-16,18-24H,4-6H2,1-3H3. The summed E-state index contributed by atoms with van der Waals surface area (Å²) in [5.74, 6) is 0. The Morgan fingerprint density at radius 3 is 1.78 bits per heavy atom. The van der Waals surface area contributed by atoms with Crippen molar-refractivity contribution in [2.75, 3.05) is 13.2 Å². The average Bonchev–Trinajstić information content (AvgIpc) is 2.60. The highest BCUT2D eigenvalue weighted by Crippen LogP contribution is 2.33. The molecule has 10 heteroatoms. The van der Waals surface area contributed by atoms with E-state index in [1.54, 1.807) is 0 Å². The van der Waals surface area contributed by atoms with E-state index in [1.165, 1.54) is 0 Å². The van der Waals surface area contributed by atoms with Gasteiger partial charge in [-0.15, -0.1) is 0 Å². The number of rotatable bonds is 5. The van der Waals surface area contributed by atoms with E-state index in [2.05, 4.69) is 0 Å². The number of ether oxygens (including phenoxy) is 3. The first-order chi connectivity index (χ1) is 12.5. The molecule has 0 amide bonds. The van der Waals surface area contributed by atoms with Gasteiger partial charge >= 0.3 is 0 Å². The third-order valence-electron chi connectivity index (χ3n) is 4.92. The summed E-state index contributed by atoms with van der Waals surface area (Å²) in [4.78, 5) is 0. The third-order valence-corrected chi connectivity index (χ3v) is 4.92. The molecule has 2 fully saturated rings. The second-order valence-corrected chi connectivity index (χ2v) is 8.44. The first-order valence-corrected chi connectivity index (χ1v) is 9.08. The molecule has 7 N–H and O–H groups in total. The number of hydrogen-bond donors (Lipinski definition) is 7. The molecule has 2 aliphatic rings. The zero-order valence-corrected chi connectivity index (χ0v) is 15.8. The van der Waals surface area contributed by atoms with Gasteiger partial charge in [-0.2, -0.15) is 0 Å². The molecule has 2 rings (SSSR count). The molecule has 0 spiro atoms. The molecule has 0 radical (unpaired) electrons. The maximum atomic E-state index is 10.5. The van der Waals surface area contributed by atoms with Crippen LogP contribution in [0.15, 0.2) is 0 Å². The van der Waals surface area contributed by atoms with Crippen molar-refractivity contribution in [1.82, 2.24) is 0 Å². The van der Waals surface area contributed by atoms with Crippen molar-refractivity contribution in [2.24, 2.45) is 5.41 Å². The second-order valence-electron chi connectivity index (χ2n) is 8.44. The van der Waals surface area contributed by atoms with Crippen LogP contribution in [0.25, 0.3) is 0 Å². The van der Waals surface area contributed by atoms with E-state index in [-0.39, 0.29) is 5.41 Å². The van der Waals surface area contributed by atoms with E-state index in [1.807, 2.05) is 20.8 Å². The molecular formula is C17H32O10. The molecule has 2 aliphatic heterocycles. The van der Waals surface area contributed by atoms with Crippen LogP contribution in [0.4, 0.5) is 0 Å². The minimum absolute atomic E-state index is 0.198. The molecule has 2 heterocycles. The normalized spacial score (nSPS) is 46.4. The number of aliphatic hydroxyl groups is 7. The zero-order chi connectivity index (χ0) is 20.5. The molecule has 0 bridgehead atoms. The van der Waals surface area contributed by atoms with Gasteiger partial charge in [0.1, 0.15) is 48.8 Å². The molecule has 10 unspecified atom stereocenters. The fraction of sp³-hybridized carbons (Fsp3) is 1.00. The quantitative estimate of drug-likeness (QED) is 0.256. The van der Waals surface area contributed by atoms with Crippen molar-refractivity contribution >= 4 is 0 Å². The highest BCUT2D eigenvalue weighted by Gasteiger charge is 2.50. The molecule has 0 aromatic carbocycles. The van der Waals surface area contributed by atoms with Crippen LogP contribution < -0.4 is 0 Å². The average molecular weight is 396 g/mol. The Morgan fingerprint density at radius 1 is 0.704 bits per heavy atom. The van der Waals surface area contributed by atoms with Crippen LogP contribution in [0.3, 0.4) is 0 Å². The highest BCUT2D eigenvalue weighted by molar-refractivity contribution is 4.96. The molecule has 0 saturated carbocycles. The Hall–Kier alpha value is -0.400. The predicted molar refractivity (Wildman–Crippen MR) is 90.5 cm³/mol. The monoisotopic (exact) mass is 396 g/mol. The van der Waals surface area contributed by atoms with Gasteiger partial charge in [-0.1, -0.05) is 20.8 Å². The molecular weight excluding hydrogens is 364 g/mol. The summed E-state index contributed by atoms with van der Waals surface area (Å²) < 4.78 is 16.5. The summed E-state index contributed by atoms with van der Waals surface area (Å²) in [5.41, 5.74) is -0.198. The summed E-state index contributed by atoms with van der Waals surface area (Å²) >= 11 is 0. The maximum Gasteiger partial charge on any atom is 0.187 e. The van der Waals surface area contributed by atoms with Gasteiger partial charge in [-0.25, -0.2) is 0 Å². The first kappa shape index (κ1) is 22.9. The molecule has 0 aliphatic carbocycles. The molecule has 160 valence electrons. The summed E-state index contributed by atoms with van der Waals surface area (Å²) in [5, 5.41) is 69.5. The largest absolute Gasteiger partial charge is 0.394 e. The fourth-order valence-electron chi connectivity index (χ4n) is 3.44. The lowest BCUT2D eigenvalue weighted by molar-refractivity contribution is -0.342. The molecule has 2 saturated heterocycles. The van der Waals surface area contributed by atoms with Crippen LogP contribution in [0.5, 0.6) is 0 Å². The Balaban J connectivity index is 2.12. The van der Waals surface area contributed by atoms with Crippen molar-refractivity contribution in [2.45, 2.75) is 88.4 Å². The summed E-state index contributed by atoms with van der Waals surface area (Å²) in [6.07, 6.45) is -12.9. The fourth-order valence-corrected chi connectivity index (χ4v) is 3.44. The van der Waals surface area contributed by atoms with Gasteiger partial charge in [0.05, 0.1) is 19.3 Å². The summed E-state index contributed by atoms with van der Waals surface area (Å²) in [6.45, 7) is 4.68. The van der Waals surface area contributed by atoms with Crippen LogP contribution in [0, 0.1) is 5.41 Å². The Bertz CT molecular complexity index is 465. The van der Waals surface area contributed by atoms with Gasteiger partial charge in [-0.3, -0.25) is 0 Å². The van der Waals surface area contributed by atoms with Crippen molar-refractivity contribution in [3.05, 3.63) is 0 Å². The van der Waals surface area contributed by atoms with Gasteiger partial charge in [0.25, 0.3) is 0 Å². The van der Waals surface area contributed by atoms with Crippen LogP contribution in [0.1, 0.15) is 27.2 Å². The SMILES string of the molecule is CC(C)(C)CC1OC(CO)C(OC2OC(CO)C(O)C(O)C2O)C(O)C1O. The second kappa shape index (κ2) is 8.95. The summed E-state index contributed by atoms with van der Waals surface area (Å²) in [7, 11) is 0. The third kappa shape index (κ3) is 5.15. The smallest absolute Gasteiger partial charge is 0.187 e. The molecule has 10 nitrogen and oxygen atoms in total. The van der Waals surface area contributed by atoms with Crippen LogP contribution in [0.2, 0.25) is 0 Å². The topological polar surface area (TPSA) is 169 Å². The number of hydrogen-bond acceptors (Lipinski definition) is 10. The number of aliphatic hydroxyl groups excluding tert-OH is 7. The van der Waals surface area contributed by atoms with Gasteiger partial charge in [-0.05, 0) is 11.8 Å². The van der Waals surface area contributed by atoms with Crippen molar-refractivity contribution in [1.29, 1.82) is 0 Å². The lowest BCUT2D eigenvalue weighted by Gasteiger charge is -2.47. The van der Waals surface area contributed by atoms with E-state index in [0.29, 0.717) is 6.42 Å². The van der Waals surface area contributed by atoms with Gasteiger partial charge in [0.2, 0.25) is 0 Å². The van der Waals surface area contributed by atoms with Crippen molar-refractivity contribution in [3.8, 4) is 0 Å². The molecule has 27 heavy (non-hydrogen) atoms. The Morgan fingerprint density at radius 2 is 1.26 bits per heavy atom. The first-order valence-electron chi connectivity index (χ1n) is 9.08.